The fraction of sp³-hybridized carbons (Fsp3) is 0.538. The Morgan fingerprint density at radius 2 is 1.71 bits per heavy atom. The Balaban J connectivity index is 0.000000491. The molecule has 1 fully saturated rings. The van der Waals surface area contributed by atoms with E-state index in [1.807, 2.05) is 0 Å². The molecule has 0 bridgehead atoms. The zero-order valence-corrected chi connectivity index (χ0v) is 13.5. The summed E-state index contributed by atoms with van der Waals surface area (Å²) in [5, 5.41) is 23.4. The molecule has 0 spiro atoms. The van der Waals surface area contributed by atoms with Crippen LogP contribution in [-0.2, 0) is 0 Å². The second kappa shape index (κ2) is 9.30. The molecule has 1 aliphatic carbocycles. The van der Waals surface area contributed by atoms with Gasteiger partial charge in [-0.25, -0.2) is 0 Å². The van der Waals surface area contributed by atoms with Crippen LogP contribution in [0.25, 0.3) is 0 Å². The summed E-state index contributed by atoms with van der Waals surface area (Å²) >= 11 is 14.4. The van der Waals surface area contributed by atoms with Crippen molar-refractivity contribution < 1.29 is 10.0 Å². The lowest BCUT2D eigenvalue weighted by molar-refractivity contribution is -0.384. The van der Waals surface area contributed by atoms with E-state index < -0.39 is 4.30 Å². The van der Waals surface area contributed by atoms with Crippen molar-refractivity contribution in [2.45, 2.75) is 42.1 Å². The highest BCUT2D eigenvalue weighted by Crippen LogP contribution is 2.27. The van der Waals surface area contributed by atoms with Gasteiger partial charge in [0.15, 0.2) is 4.30 Å². The summed E-state index contributed by atoms with van der Waals surface area (Å²) in [5.74, 6) is 0. The standard InChI is InChI=1S/C12H16N2O3.CHCl3/c15-10-7-5-9(6-8-10)13-11-3-1-2-4-12(11)14(16)17;2-1(3)4/h1-4,9-10,13,15H,5-8H2;1H/t9-,10-;. The van der Waals surface area contributed by atoms with Gasteiger partial charge < -0.3 is 10.4 Å². The SMILES string of the molecule is ClC(Cl)Cl.O=[N+]([O-])c1ccccc1N[C@H]1CC[C@H](O)CC1. The smallest absolute Gasteiger partial charge is 0.292 e. The number of hydrogen-bond donors (Lipinski definition) is 2. The van der Waals surface area contributed by atoms with Crippen LogP contribution in [0, 0.1) is 10.1 Å². The van der Waals surface area contributed by atoms with Gasteiger partial charge in [0.25, 0.3) is 5.69 Å². The molecule has 0 heterocycles. The molecule has 0 unspecified atom stereocenters. The van der Waals surface area contributed by atoms with Crippen LogP contribution in [0.1, 0.15) is 25.7 Å². The number of halogens is 3. The molecule has 5 nitrogen and oxygen atoms in total. The first-order valence-corrected chi connectivity index (χ1v) is 7.81. The predicted octanol–water partition coefficient (Wildman–Crippen LogP) is 4.30. The van der Waals surface area contributed by atoms with Gasteiger partial charge >= 0.3 is 0 Å². The summed E-state index contributed by atoms with van der Waals surface area (Å²) in [6.07, 6.45) is 3.02. The van der Waals surface area contributed by atoms with E-state index in [1.165, 1.54) is 6.07 Å². The number of aliphatic hydroxyl groups excluding tert-OH is 1. The lowest BCUT2D eigenvalue weighted by Gasteiger charge is -2.26. The number of nitro groups is 1. The van der Waals surface area contributed by atoms with Crippen LogP contribution in [-0.4, -0.2) is 26.5 Å². The summed E-state index contributed by atoms with van der Waals surface area (Å²) in [5.41, 5.74) is 0.678. The predicted molar refractivity (Wildman–Crippen MR) is 86.3 cm³/mol. The molecule has 21 heavy (non-hydrogen) atoms. The molecular formula is C13H17Cl3N2O3. The molecule has 0 atom stereocenters. The largest absolute Gasteiger partial charge is 0.393 e. The first kappa shape index (κ1) is 18.3. The lowest BCUT2D eigenvalue weighted by Crippen LogP contribution is -2.28. The van der Waals surface area contributed by atoms with E-state index in [1.54, 1.807) is 18.2 Å². The fourth-order valence-electron chi connectivity index (χ4n) is 2.19. The highest BCUT2D eigenvalue weighted by molar-refractivity contribution is 6.63. The van der Waals surface area contributed by atoms with E-state index in [9.17, 15) is 15.2 Å². The van der Waals surface area contributed by atoms with Crippen molar-refractivity contribution in [1.29, 1.82) is 0 Å². The number of aliphatic hydroxyl groups is 1. The number of hydrogen-bond acceptors (Lipinski definition) is 4. The Bertz CT molecular complexity index is 449. The Hall–Kier alpha value is -0.750. The molecule has 2 N–H and O–H groups in total. The number of benzene rings is 1. The summed E-state index contributed by atoms with van der Waals surface area (Å²) in [4.78, 5) is 10.5. The molecule has 1 aromatic rings. The van der Waals surface area contributed by atoms with Crippen LogP contribution in [0.2, 0.25) is 0 Å². The van der Waals surface area contributed by atoms with Crippen molar-refractivity contribution in [3.05, 3.63) is 34.4 Å². The first-order valence-electron chi connectivity index (χ1n) is 6.50. The third-order valence-electron chi connectivity index (χ3n) is 3.16. The highest BCUT2D eigenvalue weighted by Gasteiger charge is 2.21. The van der Waals surface area contributed by atoms with Crippen LogP contribution in [0.5, 0.6) is 0 Å². The van der Waals surface area contributed by atoms with Crippen molar-refractivity contribution in [3.8, 4) is 0 Å². The van der Waals surface area contributed by atoms with Crippen LogP contribution >= 0.6 is 34.8 Å². The van der Waals surface area contributed by atoms with Crippen LogP contribution in [0.15, 0.2) is 24.3 Å². The van der Waals surface area contributed by atoms with E-state index >= 15 is 0 Å². The number of nitrogens with one attached hydrogen (secondary N) is 1. The quantitative estimate of drug-likeness (QED) is 0.481. The van der Waals surface area contributed by atoms with Gasteiger partial charge in [-0.1, -0.05) is 46.9 Å². The molecule has 8 heteroatoms. The highest BCUT2D eigenvalue weighted by atomic mass is 35.6. The van der Waals surface area contributed by atoms with Gasteiger partial charge in [0.05, 0.1) is 11.0 Å². The number of alkyl halides is 3. The second-order valence-electron chi connectivity index (χ2n) is 4.67. The number of anilines is 1. The molecule has 0 aliphatic heterocycles. The van der Waals surface area contributed by atoms with E-state index in [4.69, 9.17) is 34.8 Å². The Labute approximate surface area is 138 Å². The third-order valence-corrected chi connectivity index (χ3v) is 3.16. The molecule has 0 amide bonds. The zero-order chi connectivity index (χ0) is 15.8. The minimum absolute atomic E-state index is 0.110. The van der Waals surface area contributed by atoms with Crippen molar-refractivity contribution in [2.75, 3.05) is 5.32 Å². The van der Waals surface area contributed by atoms with Gasteiger partial charge in [0, 0.05) is 12.1 Å². The van der Waals surface area contributed by atoms with Gasteiger partial charge in [0.2, 0.25) is 0 Å². The summed E-state index contributed by atoms with van der Waals surface area (Å²) < 4.78 is -0.750. The molecule has 0 aromatic heterocycles. The minimum atomic E-state index is -0.750. The van der Waals surface area contributed by atoms with Crippen LogP contribution < -0.4 is 5.32 Å². The zero-order valence-electron chi connectivity index (χ0n) is 11.2. The van der Waals surface area contributed by atoms with Crippen LogP contribution in [0.4, 0.5) is 11.4 Å². The summed E-state index contributed by atoms with van der Waals surface area (Å²) in [6, 6.07) is 6.89. The molecule has 118 valence electrons. The Kier molecular flexibility index (Phi) is 8.11. The van der Waals surface area contributed by atoms with Crippen LogP contribution in [0.3, 0.4) is 0 Å². The van der Waals surface area contributed by atoms with Gasteiger partial charge in [-0.3, -0.25) is 10.1 Å². The number of nitrogens with zero attached hydrogens (tertiary/aromatic N) is 1. The number of nitro benzene ring substituents is 1. The Morgan fingerprint density at radius 1 is 1.19 bits per heavy atom. The molecule has 0 radical (unpaired) electrons. The third kappa shape index (κ3) is 7.18. The maximum atomic E-state index is 10.8. The molecule has 1 aliphatic rings. The van der Waals surface area contributed by atoms with E-state index in [2.05, 4.69) is 5.32 Å². The van der Waals surface area contributed by atoms with Crippen molar-refractivity contribution in [2.24, 2.45) is 0 Å². The fourth-order valence-corrected chi connectivity index (χ4v) is 2.19. The molecular weight excluding hydrogens is 339 g/mol. The van der Waals surface area contributed by atoms with E-state index in [0.717, 1.165) is 25.7 Å². The Morgan fingerprint density at radius 3 is 2.24 bits per heavy atom. The van der Waals surface area contributed by atoms with Gasteiger partial charge in [-0.05, 0) is 31.7 Å². The maximum Gasteiger partial charge on any atom is 0.292 e. The normalized spacial score (nSPS) is 21.4. The molecule has 1 saturated carbocycles. The average Bonchev–Trinajstić information content (AvgIpc) is 2.41. The number of para-hydroxylation sites is 2. The van der Waals surface area contributed by atoms with Crippen molar-refractivity contribution in [3.63, 3.8) is 0 Å². The minimum Gasteiger partial charge on any atom is -0.393 e. The summed E-state index contributed by atoms with van der Waals surface area (Å²) in [6.45, 7) is 0. The maximum absolute atomic E-state index is 10.8. The summed E-state index contributed by atoms with van der Waals surface area (Å²) in [7, 11) is 0. The van der Waals surface area contributed by atoms with Gasteiger partial charge in [-0.2, -0.15) is 0 Å². The molecule has 2 rings (SSSR count). The average molecular weight is 356 g/mol. The van der Waals surface area contributed by atoms with Gasteiger partial charge in [-0.15, -0.1) is 0 Å². The van der Waals surface area contributed by atoms with E-state index in [-0.39, 0.29) is 22.8 Å². The lowest BCUT2D eigenvalue weighted by atomic mass is 9.93. The van der Waals surface area contributed by atoms with Gasteiger partial charge in [0.1, 0.15) is 5.69 Å². The monoisotopic (exact) mass is 354 g/mol. The molecule has 1 aromatic carbocycles. The topological polar surface area (TPSA) is 75.4 Å². The van der Waals surface area contributed by atoms with Crippen molar-refractivity contribution in [1.82, 2.24) is 0 Å². The first-order chi connectivity index (χ1) is 9.90. The number of rotatable bonds is 3. The second-order valence-corrected chi connectivity index (χ2v) is 6.65. The molecule has 0 saturated heterocycles. The van der Waals surface area contributed by atoms with Crippen molar-refractivity contribution >= 4 is 46.2 Å². The van der Waals surface area contributed by atoms with E-state index in [0.29, 0.717) is 5.69 Å².